The molecule has 0 unspecified atom stereocenters. The van der Waals surface area contributed by atoms with E-state index in [9.17, 15) is 0 Å². The van der Waals surface area contributed by atoms with Crippen molar-refractivity contribution in [3.63, 3.8) is 0 Å². The standard InChI is InChI=1S/C13H18N4O/c1-3-12-15-13(17-16-12)8-9-14-10-4-6-11(18-2)7-5-10/h4-7,14H,3,8-9H2,1-2H3,(H,15,16,17). The molecule has 0 fully saturated rings. The molecule has 0 aliphatic carbocycles. The Balaban J connectivity index is 1.80. The molecule has 0 bridgehead atoms. The summed E-state index contributed by atoms with van der Waals surface area (Å²) in [5.74, 6) is 2.66. The second-order valence-electron chi connectivity index (χ2n) is 3.96. The normalized spacial score (nSPS) is 10.3. The van der Waals surface area contributed by atoms with E-state index in [1.54, 1.807) is 7.11 Å². The SMILES string of the molecule is CCc1n[nH]c(CCNc2ccc(OC)cc2)n1. The molecule has 0 aliphatic heterocycles. The van der Waals surface area contributed by atoms with Gasteiger partial charge in [-0.15, -0.1) is 0 Å². The van der Waals surface area contributed by atoms with E-state index in [0.717, 1.165) is 42.5 Å². The van der Waals surface area contributed by atoms with Gasteiger partial charge in [-0.1, -0.05) is 6.92 Å². The average molecular weight is 246 g/mol. The molecule has 1 aromatic heterocycles. The number of nitrogens with zero attached hydrogens (tertiary/aromatic N) is 2. The zero-order chi connectivity index (χ0) is 12.8. The van der Waals surface area contributed by atoms with Gasteiger partial charge < -0.3 is 10.1 Å². The van der Waals surface area contributed by atoms with Crippen LogP contribution in [0.5, 0.6) is 5.75 Å². The third-order valence-electron chi connectivity index (χ3n) is 2.68. The monoisotopic (exact) mass is 246 g/mol. The Kier molecular flexibility index (Phi) is 4.17. The fraction of sp³-hybridized carbons (Fsp3) is 0.385. The van der Waals surface area contributed by atoms with Gasteiger partial charge in [0, 0.05) is 25.1 Å². The lowest BCUT2D eigenvalue weighted by Crippen LogP contribution is -2.05. The van der Waals surface area contributed by atoms with Crippen molar-refractivity contribution in [1.82, 2.24) is 15.2 Å². The summed E-state index contributed by atoms with van der Waals surface area (Å²) >= 11 is 0. The Morgan fingerprint density at radius 3 is 2.67 bits per heavy atom. The number of aromatic nitrogens is 3. The van der Waals surface area contributed by atoms with Gasteiger partial charge in [-0.3, -0.25) is 5.10 Å². The molecule has 0 radical (unpaired) electrons. The first-order valence-electron chi connectivity index (χ1n) is 6.10. The minimum Gasteiger partial charge on any atom is -0.497 e. The highest BCUT2D eigenvalue weighted by atomic mass is 16.5. The van der Waals surface area contributed by atoms with Crippen LogP contribution in [0.4, 0.5) is 5.69 Å². The number of hydrogen-bond acceptors (Lipinski definition) is 4. The van der Waals surface area contributed by atoms with Crippen molar-refractivity contribution >= 4 is 5.69 Å². The lowest BCUT2D eigenvalue weighted by Gasteiger charge is -2.05. The van der Waals surface area contributed by atoms with Crippen LogP contribution >= 0.6 is 0 Å². The van der Waals surface area contributed by atoms with Crippen LogP contribution in [0.15, 0.2) is 24.3 Å². The summed E-state index contributed by atoms with van der Waals surface area (Å²) in [6.07, 6.45) is 1.70. The number of aromatic amines is 1. The molecule has 0 spiro atoms. The van der Waals surface area contributed by atoms with Crippen LogP contribution in [0.2, 0.25) is 0 Å². The van der Waals surface area contributed by atoms with E-state index >= 15 is 0 Å². The molecule has 0 amide bonds. The van der Waals surface area contributed by atoms with E-state index in [1.165, 1.54) is 0 Å². The van der Waals surface area contributed by atoms with E-state index in [4.69, 9.17) is 4.74 Å². The number of ether oxygens (including phenoxy) is 1. The summed E-state index contributed by atoms with van der Waals surface area (Å²) in [7, 11) is 1.66. The Hall–Kier alpha value is -2.04. The van der Waals surface area contributed by atoms with Crippen molar-refractivity contribution in [2.45, 2.75) is 19.8 Å². The van der Waals surface area contributed by atoms with Crippen LogP contribution in [0.1, 0.15) is 18.6 Å². The van der Waals surface area contributed by atoms with Crippen LogP contribution < -0.4 is 10.1 Å². The van der Waals surface area contributed by atoms with Crippen molar-refractivity contribution in [2.75, 3.05) is 19.0 Å². The topological polar surface area (TPSA) is 62.8 Å². The summed E-state index contributed by atoms with van der Waals surface area (Å²) in [6, 6.07) is 7.87. The van der Waals surface area contributed by atoms with Crippen LogP contribution in [0, 0.1) is 0 Å². The maximum Gasteiger partial charge on any atom is 0.150 e. The Labute approximate surface area is 107 Å². The van der Waals surface area contributed by atoms with Gasteiger partial charge in [0.2, 0.25) is 0 Å². The molecule has 5 heteroatoms. The van der Waals surface area contributed by atoms with E-state index < -0.39 is 0 Å². The van der Waals surface area contributed by atoms with Gasteiger partial charge in [-0.2, -0.15) is 5.10 Å². The van der Waals surface area contributed by atoms with Gasteiger partial charge in [0.1, 0.15) is 17.4 Å². The van der Waals surface area contributed by atoms with E-state index in [0.29, 0.717) is 0 Å². The van der Waals surface area contributed by atoms with Gasteiger partial charge in [0.05, 0.1) is 7.11 Å². The summed E-state index contributed by atoms with van der Waals surface area (Å²) in [5, 5.41) is 10.4. The Morgan fingerprint density at radius 1 is 1.28 bits per heavy atom. The first-order valence-corrected chi connectivity index (χ1v) is 6.10. The maximum atomic E-state index is 5.11. The van der Waals surface area contributed by atoms with Crippen LogP contribution in [0.3, 0.4) is 0 Å². The van der Waals surface area contributed by atoms with Crippen molar-refractivity contribution in [1.29, 1.82) is 0 Å². The van der Waals surface area contributed by atoms with Gasteiger partial charge >= 0.3 is 0 Å². The van der Waals surface area contributed by atoms with Crippen molar-refractivity contribution in [3.05, 3.63) is 35.9 Å². The molecule has 1 aromatic carbocycles. The Bertz CT molecular complexity index is 478. The predicted molar refractivity (Wildman–Crippen MR) is 70.9 cm³/mol. The van der Waals surface area contributed by atoms with Gasteiger partial charge in [-0.25, -0.2) is 4.98 Å². The number of hydrogen-bond donors (Lipinski definition) is 2. The van der Waals surface area contributed by atoms with E-state index in [1.807, 2.05) is 31.2 Å². The summed E-state index contributed by atoms with van der Waals surface area (Å²) in [5.41, 5.74) is 1.08. The number of H-pyrrole nitrogens is 1. The zero-order valence-corrected chi connectivity index (χ0v) is 10.7. The average Bonchev–Trinajstić information content (AvgIpc) is 2.87. The van der Waals surface area contributed by atoms with E-state index in [2.05, 4.69) is 20.5 Å². The molecule has 0 atom stereocenters. The maximum absolute atomic E-state index is 5.11. The highest BCUT2D eigenvalue weighted by Gasteiger charge is 2.00. The number of nitrogens with one attached hydrogen (secondary N) is 2. The highest BCUT2D eigenvalue weighted by molar-refractivity contribution is 5.46. The number of methoxy groups -OCH3 is 1. The molecule has 18 heavy (non-hydrogen) atoms. The van der Waals surface area contributed by atoms with Crippen LogP contribution in [-0.2, 0) is 12.8 Å². The highest BCUT2D eigenvalue weighted by Crippen LogP contribution is 2.14. The molecule has 2 N–H and O–H groups in total. The second kappa shape index (κ2) is 6.05. The minimum absolute atomic E-state index is 0.824. The first-order chi connectivity index (χ1) is 8.81. The second-order valence-corrected chi connectivity index (χ2v) is 3.96. The number of rotatable bonds is 6. The van der Waals surface area contributed by atoms with Gasteiger partial charge in [-0.05, 0) is 24.3 Å². The molecule has 5 nitrogen and oxygen atoms in total. The third-order valence-corrected chi connectivity index (χ3v) is 2.68. The first kappa shape index (κ1) is 12.4. The van der Waals surface area contributed by atoms with Gasteiger partial charge in [0.15, 0.2) is 0 Å². The number of aryl methyl sites for hydroxylation is 1. The summed E-state index contributed by atoms with van der Waals surface area (Å²) in [6.45, 7) is 2.87. The van der Waals surface area contributed by atoms with Crippen molar-refractivity contribution in [2.24, 2.45) is 0 Å². The fourth-order valence-electron chi connectivity index (χ4n) is 1.64. The quantitative estimate of drug-likeness (QED) is 0.818. The predicted octanol–water partition coefficient (Wildman–Crippen LogP) is 2.03. The minimum atomic E-state index is 0.824. The molecular formula is C13H18N4O. The summed E-state index contributed by atoms with van der Waals surface area (Å²) < 4.78 is 5.11. The van der Waals surface area contributed by atoms with Crippen LogP contribution in [0.25, 0.3) is 0 Å². The largest absolute Gasteiger partial charge is 0.497 e. The number of benzene rings is 1. The molecular weight excluding hydrogens is 228 g/mol. The molecule has 0 aliphatic rings. The molecule has 0 saturated heterocycles. The summed E-state index contributed by atoms with van der Waals surface area (Å²) in [4.78, 5) is 4.36. The zero-order valence-electron chi connectivity index (χ0n) is 10.7. The molecule has 1 heterocycles. The van der Waals surface area contributed by atoms with Crippen LogP contribution in [-0.4, -0.2) is 28.8 Å². The smallest absolute Gasteiger partial charge is 0.150 e. The number of anilines is 1. The molecule has 96 valence electrons. The Morgan fingerprint density at radius 2 is 2.06 bits per heavy atom. The lowest BCUT2D eigenvalue weighted by molar-refractivity contribution is 0.415. The molecule has 2 rings (SSSR count). The van der Waals surface area contributed by atoms with Gasteiger partial charge in [0.25, 0.3) is 0 Å². The fourth-order valence-corrected chi connectivity index (χ4v) is 1.64. The lowest BCUT2D eigenvalue weighted by atomic mass is 10.3. The van der Waals surface area contributed by atoms with Crippen molar-refractivity contribution < 1.29 is 4.74 Å². The third kappa shape index (κ3) is 3.23. The van der Waals surface area contributed by atoms with E-state index in [-0.39, 0.29) is 0 Å². The van der Waals surface area contributed by atoms with Crippen molar-refractivity contribution in [3.8, 4) is 5.75 Å². The molecule has 0 saturated carbocycles. The molecule has 2 aromatic rings.